The standard InChI is InChI=1S/2C16H22O4.2Cu.2H2O/c2*1-15(2,13(17)18)9-11-6-5-7-12(8-11)10-16(3,4)14(19)20;;;;/h2*5-8H,9-10H2,1-4H3,(H,17,18)(H,19,20);;;2*1H2/q;;2*+2;;/p-2. The average molecular weight is 718 g/mol. The van der Waals surface area contributed by atoms with Crippen molar-refractivity contribution in [3.8, 4) is 0 Å². The van der Waals surface area contributed by atoms with E-state index >= 15 is 0 Å². The van der Waals surface area contributed by atoms with Crippen molar-refractivity contribution in [1.29, 1.82) is 0 Å². The van der Waals surface area contributed by atoms with E-state index in [1.165, 1.54) is 0 Å². The van der Waals surface area contributed by atoms with Gasteiger partial charge in [-0.25, -0.2) is 0 Å². The summed E-state index contributed by atoms with van der Waals surface area (Å²) in [7, 11) is 0. The van der Waals surface area contributed by atoms with Crippen LogP contribution in [0.3, 0.4) is 0 Å². The van der Waals surface area contributed by atoms with Crippen LogP contribution in [0.1, 0.15) is 77.6 Å². The second-order valence-corrected chi connectivity index (χ2v) is 13.0. The Kier molecular flexibility index (Phi) is 20.7. The SMILES string of the molecule is CC(C)(Cc1cccc(CC(C)(C)C(=O)[O-])c1)C(=O)[O-].CC(C)(Cc1cccc(CC(C)(C)C(=O)[O-])c1)C(=O)[O-].[Cu+2].[Cu+2].[OH3+].[OH3+]. The van der Waals surface area contributed by atoms with E-state index in [0.29, 0.717) is 25.7 Å². The minimum absolute atomic E-state index is 0. The molecule has 0 aromatic heterocycles. The minimum atomic E-state index is -1.10. The summed E-state index contributed by atoms with van der Waals surface area (Å²) < 4.78 is 0. The summed E-state index contributed by atoms with van der Waals surface area (Å²) in [6, 6.07) is 14.6. The zero-order valence-electron chi connectivity index (χ0n) is 26.5. The first kappa shape index (κ1) is 48.2. The molecule has 0 spiro atoms. The normalized spacial score (nSPS) is 11.1. The van der Waals surface area contributed by atoms with Crippen LogP contribution in [0.5, 0.6) is 0 Å². The van der Waals surface area contributed by atoms with Gasteiger partial charge in [-0.05, 0) is 47.9 Å². The summed E-state index contributed by atoms with van der Waals surface area (Å²) in [6.45, 7) is 12.9. The quantitative estimate of drug-likeness (QED) is 0.191. The molecule has 0 unspecified atom stereocenters. The molecule has 0 bridgehead atoms. The summed E-state index contributed by atoms with van der Waals surface area (Å²) in [5.41, 5.74) is -0.413. The van der Waals surface area contributed by atoms with E-state index in [-0.39, 0.29) is 45.1 Å². The van der Waals surface area contributed by atoms with Crippen molar-refractivity contribution in [3.63, 3.8) is 0 Å². The summed E-state index contributed by atoms with van der Waals surface area (Å²) in [6.07, 6.45) is 1.37. The third kappa shape index (κ3) is 15.3. The summed E-state index contributed by atoms with van der Waals surface area (Å²) >= 11 is 0. The zero-order chi connectivity index (χ0) is 31.1. The third-order valence-corrected chi connectivity index (χ3v) is 6.78. The summed E-state index contributed by atoms with van der Waals surface area (Å²) in [5, 5.41) is 44.1. The second kappa shape index (κ2) is 18.9. The Labute approximate surface area is 281 Å². The molecule has 2 aromatic rings. The smallest absolute Gasteiger partial charge is 0.550 e. The molecule has 0 aliphatic heterocycles. The number of rotatable bonds is 12. The maximum Gasteiger partial charge on any atom is 2.00 e. The van der Waals surface area contributed by atoms with Gasteiger partial charge in [0.15, 0.2) is 0 Å². The fourth-order valence-corrected chi connectivity index (χ4v) is 4.03. The van der Waals surface area contributed by atoms with E-state index < -0.39 is 45.5 Å². The van der Waals surface area contributed by atoms with Gasteiger partial charge in [0.1, 0.15) is 0 Å². The molecule has 0 saturated carbocycles. The van der Waals surface area contributed by atoms with Gasteiger partial charge in [0, 0.05) is 45.5 Å². The first-order chi connectivity index (χ1) is 18.1. The number of carboxylic acid groups (broad SMARTS) is 4. The molecule has 2 aromatic carbocycles. The number of hydrogen-bond donors (Lipinski definition) is 0. The van der Waals surface area contributed by atoms with E-state index in [1.54, 1.807) is 67.5 Å². The Hall–Kier alpha value is -2.72. The molecule has 0 amide bonds. The minimum Gasteiger partial charge on any atom is -0.550 e. The molecule has 2 radical (unpaired) electrons. The van der Waals surface area contributed by atoms with Gasteiger partial charge in [-0.15, -0.1) is 0 Å². The molecule has 10 nitrogen and oxygen atoms in total. The van der Waals surface area contributed by atoms with Gasteiger partial charge >= 0.3 is 34.1 Å². The fourth-order valence-electron chi connectivity index (χ4n) is 4.03. The summed E-state index contributed by atoms with van der Waals surface area (Å²) in [5.74, 6) is -4.40. The molecule has 0 aliphatic rings. The molecular formula is C32H46Cu2O10+2. The molecule has 2 rings (SSSR count). The molecule has 0 atom stereocenters. The first-order valence-corrected chi connectivity index (χ1v) is 13.1. The largest absolute Gasteiger partial charge is 2.00 e. The number of aliphatic carboxylic acids is 4. The monoisotopic (exact) mass is 716 g/mol. The third-order valence-electron chi connectivity index (χ3n) is 6.78. The molecule has 44 heavy (non-hydrogen) atoms. The Morgan fingerprint density at radius 1 is 0.455 bits per heavy atom. The maximum atomic E-state index is 11.0. The fraction of sp³-hybridized carbons (Fsp3) is 0.500. The molecule has 6 N–H and O–H groups in total. The molecule has 12 heteroatoms. The van der Waals surface area contributed by atoms with Crippen LogP contribution in [0, 0.1) is 21.7 Å². The number of hydrogen-bond acceptors (Lipinski definition) is 8. The summed E-state index contributed by atoms with van der Waals surface area (Å²) in [4.78, 5) is 44.1. The van der Waals surface area contributed by atoms with E-state index in [0.717, 1.165) is 22.3 Å². The van der Waals surface area contributed by atoms with Crippen molar-refractivity contribution < 1.29 is 84.7 Å². The van der Waals surface area contributed by atoms with Crippen LogP contribution in [0.15, 0.2) is 48.5 Å². The molecule has 254 valence electrons. The van der Waals surface area contributed by atoms with Crippen molar-refractivity contribution in [2.75, 3.05) is 0 Å². The van der Waals surface area contributed by atoms with Crippen LogP contribution in [0.25, 0.3) is 0 Å². The number of benzene rings is 2. The Bertz CT molecular complexity index is 1060. The predicted molar refractivity (Wildman–Crippen MR) is 153 cm³/mol. The molecule has 0 aliphatic carbocycles. The first-order valence-electron chi connectivity index (χ1n) is 13.1. The van der Waals surface area contributed by atoms with E-state index in [1.807, 2.05) is 36.4 Å². The molecule has 0 fully saturated rings. The number of carbonyl (C=O) groups is 4. The van der Waals surface area contributed by atoms with Crippen LogP contribution in [0.4, 0.5) is 0 Å². The van der Waals surface area contributed by atoms with Crippen molar-refractivity contribution >= 4 is 23.9 Å². The Morgan fingerprint density at radius 2 is 0.614 bits per heavy atom. The van der Waals surface area contributed by atoms with Crippen LogP contribution in [-0.4, -0.2) is 23.9 Å². The molecule has 0 heterocycles. The predicted octanol–water partition coefficient (Wildman–Crippen LogP) is -1.20. The van der Waals surface area contributed by atoms with Gasteiger partial charge in [0.05, 0.1) is 0 Å². The average Bonchev–Trinajstić information content (AvgIpc) is 2.78. The number of carboxylic acids is 4. The van der Waals surface area contributed by atoms with Gasteiger partial charge in [-0.1, -0.05) is 104 Å². The van der Waals surface area contributed by atoms with Crippen LogP contribution in [0.2, 0.25) is 0 Å². The Balaban J connectivity index is -0.000000333. The van der Waals surface area contributed by atoms with E-state index in [2.05, 4.69) is 0 Å². The topological polar surface area (TPSA) is 227 Å². The van der Waals surface area contributed by atoms with Gasteiger partial charge in [-0.3, -0.25) is 0 Å². The number of carbonyl (C=O) groups excluding carboxylic acids is 4. The maximum absolute atomic E-state index is 11.0. The molecule has 0 saturated heterocycles. The van der Waals surface area contributed by atoms with Crippen LogP contribution < -0.4 is 20.4 Å². The van der Waals surface area contributed by atoms with Crippen LogP contribution in [-0.2, 0) is 90.0 Å². The Morgan fingerprint density at radius 3 is 0.750 bits per heavy atom. The van der Waals surface area contributed by atoms with Crippen molar-refractivity contribution in [2.45, 2.75) is 81.1 Å². The van der Waals surface area contributed by atoms with Crippen LogP contribution >= 0.6 is 0 Å². The van der Waals surface area contributed by atoms with Gasteiger partial charge in [0.25, 0.3) is 0 Å². The molecular weight excluding hydrogens is 671 g/mol. The van der Waals surface area contributed by atoms with E-state index in [4.69, 9.17) is 0 Å². The van der Waals surface area contributed by atoms with Crippen molar-refractivity contribution in [1.82, 2.24) is 0 Å². The van der Waals surface area contributed by atoms with Crippen molar-refractivity contribution in [3.05, 3.63) is 70.8 Å². The second-order valence-electron chi connectivity index (χ2n) is 13.0. The van der Waals surface area contributed by atoms with E-state index in [9.17, 15) is 39.6 Å². The van der Waals surface area contributed by atoms with Crippen molar-refractivity contribution in [2.24, 2.45) is 21.7 Å². The van der Waals surface area contributed by atoms with Gasteiger partial charge < -0.3 is 50.6 Å². The van der Waals surface area contributed by atoms with Gasteiger partial charge in [-0.2, -0.15) is 0 Å². The van der Waals surface area contributed by atoms with Gasteiger partial charge in [0.2, 0.25) is 0 Å². The zero-order valence-corrected chi connectivity index (χ0v) is 28.4.